The molecule has 0 radical (unpaired) electrons. The maximum atomic E-state index is 6.01. The summed E-state index contributed by atoms with van der Waals surface area (Å²) >= 11 is 3.49. The number of hydrogen-bond donors (Lipinski definition) is 1. The highest BCUT2D eigenvalue weighted by molar-refractivity contribution is 9.10. The van der Waals surface area contributed by atoms with E-state index in [9.17, 15) is 0 Å². The molecule has 20 heavy (non-hydrogen) atoms. The van der Waals surface area contributed by atoms with Crippen molar-refractivity contribution in [1.29, 1.82) is 0 Å². The predicted molar refractivity (Wildman–Crippen MR) is 84.3 cm³/mol. The molecule has 0 aliphatic rings. The lowest BCUT2D eigenvalue weighted by atomic mass is 10.1. The topological polar surface area (TPSA) is 69.6 Å². The molecule has 2 heterocycles. The summed E-state index contributed by atoms with van der Waals surface area (Å²) in [6.07, 6.45) is 3.65. The van der Waals surface area contributed by atoms with E-state index in [1.165, 1.54) is 0 Å². The van der Waals surface area contributed by atoms with Crippen LogP contribution in [0.4, 0.5) is 5.82 Å². The van der Waals surface area contributed by atoms with Crippen molar-refractivity contribution >= 4 is 21.7 Å². The van der Waals surface area contributed by atoms with Crippen molar-refractivity contribution in [3.05, 3.63) is 22.1 Å². The van der Waals surface area contributed by atoms with Gasteiger partial charge in [0.2, 0.25) is 0 Å². The lowest BCUT2D eigenvalue weighted by Gasteiger charge is -2.10. The van der Waals surface area contributed by atoms with Gasteiger partial charge in [-0.2, -0.15) is 5.10 Å². The molecule has 0 saturated heterocycles. The Morgan fingerprint density at radius 2 is 2.00 bits per heavy atom. The third kappa shape index (κ3) is 3.00. The van der Waals surface area contributed by atoms with Crippen LogP contribution in [0, 0.1) is 5.92 Å². The highest BCUT2D eigenvalue weighted by atomic mass is 79.9. The molecule has 108 valence electrons. The Hall–Kier alpha value is -1.43. The fourth-order valence-corrected chi connectivity index (χ4v) is 2.48. The zero-order valence-electron chi connectivity index (χ0n) is 12.3. The Balaban J connectivity index is 2.54. The number of nitrogens with zero attached hydrogens (tertiary/aromatic N) is 4. The van der Waals surface area contributed by atoms with Crippen molar-refractivity contribution < 1.29 is 0 Å². The van der Waals surface area contributed by atoms with E-state index < -0.39 is 0 Å². The fraction of sp³-hybridized carbons (Fsp3) is 0.500. The van der Waals surface area contributed by atoms with Gasteiger partial charge < -0.3 is 5.73 Å². The van der Waals surface area contributed by atoms with Crippen LogP contribution < -0.4 is 5.73 Å². The van der Waals surface area contributed by atoms with E-state index in [0.29, 0.717) is 17.6 Å². The summed E-state index contributed by atoms with van der Waals surface area (Å²) in [4.78, 5) is 9.07. The maximum absolute atomic E-state index is 6.01. The Labute approximate surface area is 127 Å². The second-order valence-electron chi connectivity index (χ2n) is 5.31. The van der Waals surface area contributed by atoms with Crippen LogP contribution in [0.2, 0.25) is 0 Å². The molecule has 0 bridgehead atoms. The molecular weight excluding hydrogens is 318 g/mol. The highest BCUT2D eigenvalue weighted by Gasteiger charge is 2.16. The Kier molecular flexibility index (Phi) is 4.42. The highest BCUT2D eigenvalue weighted by Crippen LogP contribution is 2.28. The van der Waals surface area contributed by atoms with Gasteiger partial charge in [-0.1, -0.05) is 20.8 Å². The molecule has 2 aromatic heterocycles. The molecule has 0 saturated carbocycles. The van der Waals surface area contributed by atoms with E-state index in [0.717, 1.165) is 34.3 Å². The molecular formula is C14H20BrN5. The zero-order chi connectivity index (χ0) is 14.9. The summed E-state index contributed by atoms with van der Waals surface area (Å²) < 4.78 is 2.59. The molecule has 5 nitrogen and oxygen atoms in total. The molecule has 0 aliphatic carbocycles. The van der Waals surface area contributed by atoms with Gasteiger partial charge >= 0.3 is 0 Å². The average Bonchev–Trinajstić information content (AvgIpc) is 2.75. The van der Waals surface area contributed by atoms with E-state index in [2.05, 4.69) is 51.8 Å². The Morgan fingerprint density at radius 3 is 2.60 bits per heavy atom. The summed E-state index contributed by atoms with van der Waals surface area (Å²) in [5.74, 6) is 1.65. The third-order valence-electron chi connectivity index (χ3n) is 3.03. The standard InChI is InChI=1S/C14H20BrN5/c1-5-10-9(7-20(4)19-10)14-17-11(6-8(2)3)12(15)13(16)18-14/h7-8H,5-6H2,1-4H3,(H2,16,17,18). The number of nitrogens with two attached hydrogens (primary N) is 1. The van der Waals surface area contributed by atoms with Gasteiger partial charge in [0.15, 0.2) is 5.82 Å². The quantitative estimate of drug-likeness (QED) is 0.930. The molecule has 0 aromatic carbocycles. The van der Waals surface area contributed by atoms with Gasteiger partial charge in [-0.15, -0.1) is 0 Å². The first-order valence-electron chi connectivity index (χ1n) is 6.77. The van der Waals surface area contributed by atoms with Gasteiger partial charge in [-0.25, -0.2) is 9.97 Å². The summed E-state index contributed by atoms with van der Waals surface area (Å²) in [6.45, 7) is 6.39. The average molecular weight is 338 g/mol. The molecule has 0 unspecified atom stereocenters. The fourth-order valence-electron chi connectivity index (χ4n) is 2.14. The summed E-state index contributed by atoms with van der Waals surface area (Å²) in [5, 5.41) is 4.43. The largest absolute Gasteiger partial charge is 0.383 e. The van der Waals surface area contributed by atoms with Crippen LogP contribution in [0.25, 0.3) is 11.4 Å². The second kappa shape index (κ2) is 5.91. The number of aromatic nitrogens is 4. The van der Waals surface area contributed by atoms with Gasteiger partial charge in [0.25, 0.3) is 0 Å². The van der Waals surface area contributed by atoms with E-state index in [1.807, 2.05) is 13.2 Å². The second-order valence-corrected chi connectivity index (χ2v) is 6.10. The van der Waals surface area contributed by atoms with Crippen molar-refractivity contribution in [2.75, 3.05) is 5.73 Å². The van der Waals surface area contributed by atoms with E-state index in [1.54, 1.807) is 4.68 Å². The van der Waals surface area contributed by atoms with Crippen LogP contribution >= 0.6 is 15.9 Å². The third-order valence-corrected chi connectivity index (χ3v) is 3.89. The van der Waals surface area contributed by atoms with Crippen LogP contribution in [0.1, 0.15) is 32.2 Å². The van der Waals surface area contributed by atoms with E-state index in [-0.39, 0.29) is 0 Å². The molecule has 0 amide bonds. The number of aryl methyl sites for hydroxylation is 2. The van der Waals surface area contributed by atoms with Gasteiger partial charge in [0, 0.05) is 13.2 Å². The molecule has 0 fully saturated rings. The van der Waals surface area contributed by atoms with Gasteiger partial charge in [0.05, 0.1) is 21.4 Å². The smallest absolute Gasteiger partial charge is 0.165 e. The Morgan fingerprint density at radius 1 is 1.30 bits per heavy atom. The van der Waals surface area contributed by atoms with Gasteiger partial charge in [-0.05, 0) is 34.7 Å². The molecule has 0 atom stereocenters. The number of anilines is 1. The van der Waals surface area contributed by atoms with Gasteiger partial charge in [-0.3, -0.25) is 4.68 Å². The van der Waals surface area contributed by atoms with E-state index in [4.69, 9.17) is 5.73 Å². The van der Waals surface area contributed by atoms with Crippen molar-refractivity contribution in [1.82, 2.24) is 19.7 Å². The first-order chi connectivity index (χ1) is 9.42. The first kappa shape index (κ1) is 15.0. The van der Waals surface area contributed by atoms with Crippen LogP contribution in [0.3, 0.4) is 0 Å². The number of hydrogen-bond acceptors (Lipinski definition) is 4. The Bertz CT molecular complexity index is 618. The summed E-state index contributed by atoms with van der Waals surface area (Å²) in [6, 6.07) is 0. The van der Waals surface area contributed by atoms with E-state index >= 15 is 0 Å². The molecule has 6 heteroatoms. The van der Waals surface area contributed by atoms with Crippen molar-refractivity contribution in [2.24, 2.45) is 13.0 Å². The minimum Gasteiger partial charge on any atom is -0.383 e. The van der Waals surface area contributed by atoms with Crippen LogP contribution in [-0.2, 0) is 19.9 Å². The predicted octanol–water partition coefficient (Wildman–Crippen LogP) is 2.98. The maximum Gasteiger partial charge on any atom is 0.165 e. The van der Waals surface area contributed by atoms with Crippen molar-refractivity contribution in [3.63, 3.8) is 0 Å². The first-order valence-corrected chi connectivity index (χ1v) is 7.56. The number of halogens is 1. The summed E-state index contributed by atoms with van der Waals surface area (Å²) in [7, 11) is 1.90. The minimum absolute atomic E-state index is 0.483. The number of nitrogen functional groups attached to an aromatic ring is 1. The van der Waals surface area contributed by atoms with Gasteiger partial charge in [0.1, 0.15) is 5.82 Å². The molecule has 0 spiro atoms. The molecule has 0 aliphatic heterocycles. The van der Waals surface area contributed by atoms with Crippen LogP contribution in [0.15, 0.2) is 10.7 Å². The lowest BCUT2D eigenvalue weighted by molar-refractivity contribution is 0.633. The molecule has 2 rings (SSSR count). The summed E-state index contributed by atoms with van der Waals surface area (Å²) in [5.41, 5.74) is 8.91. The molecule has 2 aromatic rings. The van der Waals surface area contributed by atoms with Crippen LogP contribution in [-0.4, -0.2) is 19.7 Å². The molecule has 2 N–H and O–H groups in total. The minimum atomic E-state index is 0.483. The normalized spacial score (nSPS) is 11.3. The monoisotopic (exact) mass is 337 g/mol. The number of rotatable bonds is 4. The van der Waals surface area contributed by atoms with Crippen LogP contribution in [0.5, 0.6) is 0 Å². The zero-order valence-corrected chi connectivity index (χ0v) is 13.9. The SMILES string of the molecule is CCc1nn(C)cc1-c1nc(N)c(Br)c(CC(C)C)n1. The van der Waals surface area contributed by atoms with Crippen molar-refractivity contribution in [2.45, 2.75) is 33.6 Å². The van der Waals surface area contributed by atoms with Crippen molar-refractivity contribution in [3.8, 4) is 11.4 Å². The lowest BCUT2D eigenvalue weighted by Crippen LogP contribution is -2.06.